The van der Waals surface area contributed by atoms with Crippen molar-refractivity contribution < 1.29 is 9.85 Å². The number of hydrogen-bond acceptors (Lipinski definition) is 6. The molecule has 0 unspecified atom stereocenters. The van der Waals surface area contributed by atoms with E-state index in [9.17, 15) is 20.2 Å². The molecule has 0 amide bonds. The average Bonchev–Trinajstić information content (AvgIpc) is 3.06. The Morgan fingerprint density at radius 3 is 2.34 bits per heavy atom. The first-order valence-electron chi connectivity index (χ1n) is 8.64. The summed E-state index contributed by atoms with van der Waals surface area (Å²) in [6.45, 7) is 0. The number of imidazole rings is 1. The Hall–Kier alpha value is -3.72. The van der Waals surface area contributed by atoms with E-state index in [1.165, 1.54) is 12.1 Å². The van der Waals surface area contributed by atoms with Crippen molar-refractivity contribution in [1.82, 2.24) is 8.96 Å². The van der Waals surface area contributed by atoms with Crippen LogP contribution >= 0.6 is 11.9 Å². The van der Waals surface area contributed by atoms with E-state index < -0.39 is 9.85 Å². The molecule has 4 aromatic rings. The SMILES string of the molecule is O=[N+]([O-])c1ccc(Sn2c(Cc3ccccc3)nc3ccccc32)c([N+](=O)[O-])c1. The van der Waals surface area contributed by atoms with E-state index in [2.05, 4.69) is 4.98 Å². The van der Waals surface area contributed by atoms with Gasteiger partial charge in [0.2, 0.25) is 0 Å². The lowest BCUT2D eigenvalue weighted by Crippen LogP contribution is -2.00. The lowest BCUT2D eigenvalue weighted by atomic mass is 10.1. The van der Waals surface area contributed by atoms with Crippen molar-refractivity contribution in [2.75, 3.05) is 0 Å². The van der Waals surface area contributed by atoms with E-state index in [-0.39, 0.29) is 11.4 Å². The van der Waals surface area contributed by atoms with E-state index in [1.54, 1.807) is 0 Å². The molecule has 0 bridgehead atoms. The van der Waals surface area contributed by atoms with E-state index in [0.717, 1.165) is 40.4 Å². The summed E-state index contributed by atoms with van der Waals surface area (Å²) < 4.78 is 1.84. The van der Waals surface area contributed by atoms with Gasteiger partial charge in [-0.1, -0.05) is 42.5 Å². The third-order valence-electron chi connectivity index (χ3n) is 4.33. The van der Waals surface area contributed by atoms with Gasteiger partial charge in [-0.15, -0.1) is 0 Å². The molecular formula is C20H14N4O4S. The summed E-state index contributed by atoms with van der Waals surface area (Å²) in [4.78, 5) is 26.2. The zero-order chi connectivity index (χ0) is 20.4. The quantitative estimate of drug-likeness (QED) is 0.330. The number of rotatable bonds is 6. The summed E-state index contributed by atoms with van der Waals surface area (Å²) >= 11 is 1.13. The largest absolute Gasteiger partial charge is 0.291 e. The summed E-state index contributed by atoms with van der Waals surface area (Å²) in [7, 11) is 0. The number of aromatic nitrogens is 2. The molecule has 0 aliphatic rings. The van der Waals surface area contributed by atoms with Crippen LogP contribution in [0.15, 0.2) is 77.7 Å². The molecule has 0 fully saturated rings. The highest BCUT2D eigenvalue weighted by Gasteiger charge is 2.22. The van der Waals surface area contributed by atoms with Crippen molar-refractivity contribution in [1.29, 1.82) is 0 Å². The number of nitro benzene ring substituents is 2. The molecule has 0 spiro atoms. The Bertz CT molecular complexity index is 1220. The van der Waals surface area contributed by atoms with Crippen molar-refractivity contribution in [3.63, 3.8) is 0 Å². The summed E-state index contributed by atoms with van der Waals surface area (Å²) in [6.07, 6.45) is 0.545. The van der Waals surface area contributed by atoms with E-state index in [1.807, 2.05) is 58.6 Å². The maximum absolute atomic E-state index is 11.5. The first kappa shape index (κ1) is 18.6. The molecule has 0 saturated heterocycles. The van der Waals surface area contributed by atoms with Crippen LogP contribution in [0, 0.1) is 20.2 Å². The van der Waals surface area contributed by atoms with Gasteiger partial charge in [0, 0.05) is 24.4 Å². The second-order valence-electron chi connectivity index (χ2n) is 6.23. The van der Waals surface area contributed by atoms with E-state index >= 15 is 0 Å². The minimum atomic E-state index is -0.644. The van der Waals surface area contributed by atoms with Crippen LogP contribution in [0.4, 0.5) is 11.4 Å². The molecule has 3 aromatic carbocycles. The molecule has 0 N–H and O–H groups in total. The van der Waals surface area contributed by atoms with Gasteiger partial charge in [-0.3, -0.25) is 24.2 Å². The lowest BCUT2D eigenvalue weighted by molar-refractivity contribution is -0.396. The van der Waals surface area contributed by atoms with Crippen LogP contribution in [0.3, 0.4) is 0 Å². The van der Waals surface area contributed by atoms with Crippen LogP contribution in [0.5, 0.6) is 0 Å². The molecule has 0 radical (unpaired) electrons. The molecule has 0 saturated carbocycles. The topological polar surface area (TPSA) is 104 Å². The van der Waals surface area contributed by atoms with Gasteiger partial charge in [-0.2, -0.15) is 0 Å². The third kappa shape index (κ3) is 3.81. The monoisotopic (exact) mass is 406 g/mol. The highest BCUT2D eigenvalue weighted by Crippen LogP contribution is 2.36. The van der Waals surface area contributed by atoms with Gasteiger partial charge < -0.3 is 0 Å². The van der Waals surface area contributed by atoms with Crippen LogP contribution in [0.1, 0.15) is 11.4 Å². The molecular weight excluding hydrogens is 392 g/mol. The number of benzene rings is 3. The molecule has 0 aliphatic carbocycles. The number of nitro groups is 2. The van der Waals surface area contributed by atoms with Gasteiger partial charge >= 0.3 is 0 Å². The Morgan fingerprint density at radius 1 is 0.897 bits per heavy atom. The van der Waals surface area contributed by atoms with Gasteiger partial charge in [0.15, 0.2) is 0 Å². The van der Waals surface area contributed by atoms with Crippen LogP contribution < -0.4 is 0 Å². The maximum Gasteiger partial charge on any atom is 0.291 e. The van der Waals surface area contributed by atoms with Crippen molar-refractivity contribution >= 4 is 34.4 Å². The number of nitrogens with zero attached hydrogens (tertiary/aromatic N) is 4. The zero-order valence-electron chi connectivity index (χ0n) is 15.0. The molecule has 1 aromatic heterocycles. The number of para-hydroxylation sites is 2. The second kappa shape index (κ2) is 7.72. The fourth-order valence-electron chi connectivity index (χ4n) is 2.98. The van der Waals surface area contributed by atoms with Gasteiger partial charge in [-0.05, 0) is 23.8 Å². The molecule has 0 aliphatic heterocycles. The summed E-state index contributed by atoms with van der Waals surface area (Å²) in [5, 5.41) is 22.5. The number of hydrogen-bond donors (Lipinski definition) is 0. The highest BCUT2D eigenvalue weighted by atomic mass is 32.2. The second-order valence-corrected chi connectivity index (χ2v) is 7.22. The first-order valence-corrected chi connectivity index (χ1v) is 9.42. The lowest BCUT2D eigenvalue weighted by Gasteiger charge is -2.09. The normalized spacial score (nSPS) is 10.9. The first-order chi connectivity index (χ1) is 14.0. The van der Waals surface area contributed by atoms with Gasteiger partial charge in [0.05, 0.1) is 26.9 Å². The van der Waals surface area contributed by atoms with Crippen molar-refractivity contribution in [3.8, 4) is 0 Å². The van der Waals surface area contributed by atoms with E-state index in [4.69, 9.17) is 0 Å². The average molecular weight is 406 g/mol. The fourth-order valence-corrected chi connectivity index (χ4v) is 4.00. The summed E-state index contributed by atoms with van der Waals surface area (Å²) in [5.41, 5.74) is 2.02. The van der Waals surface area contributed by atoms with Crippen LogP contribution in [-0.2, 0) is 6.42 Å². The van der Waals surface area contributed by atoms with Crippen molar-refractivity contribution in [2.24, 2.45) is 0 Å². The number of fused-ring (bicyclic) bond motifs is 1. The fraction of sp³-hybridized carbons (Fsp3) is 0.0500. The van der Waals surface area contributed by atoms with Crippen LogP contribution in [-0.4, -0.2) is 18.8 Å². The predicted molar refractivity (Wildman–Crippen MR) is 110 cm³/mol. The minimum absolute atomic E-state index is 0.304. The van der Waals surface area contributed by atoms with Gasteiger partial charge in [-0.25, -0.2) is 4.98 Å². The molecule has 4 rings (SSSR count). The van der Waals surface area contributed by atoms with E-state index in [0.29, 0.717) is 11.3 Å². The zero-order valence-corrected chi connectivity index (χ0v) is 15.8. The predicted octanol–water partition coefficient (Wildman–Crippen LogP) is 5.00. The molecule has 29 heavy (non-hydrogen) atoms. The Kier molecular flexibility index (Phi) is 4.96. The molecule has 0 atom stereocenters. The van der Waals surface area contributed by atoms with Crippen LogP contribution in [0.2, 0.25) is 0 Å². The minimum Gasteiger partial charge on any atom is -0.265 e. The molecule has 8 nitrogen and oxygen atoms in total. The molecule has 144 valence electrons. The Labute approximate surface area is 169 Å². The molecule has 9 heteroatoms. The summed E-state index contributed by atoms with van der Waals surface area (Å²) in [5.74, 6) is 0.732. The Balaban J connectivity index is 1.81. The van der Waals surface area contributed by atoms with Crippen molar-refractivity contribution in [3.05, 3.63) is 104 Å². The summed E-state index contributed by atoms with van der Waals surface area (Å²) in [6, 6.07) is 21.0. The smallest absolute Gasteiger partial charge is 0.265 e. The highest BCUT2D eigenvalue weighted by molar-refractivity contribution is 7.98. The standard InChI is InChI=1S/C20H14N4O4S/c25-23(26)15-10-11-19(18(13-15)24(27)28)29-22-17-9-5-4-8-16(17)21-20(22)12-14-6-2-1-3-7-14/h1-11,13H,12H2. The van der Waals surface area contributed by atoms with Gasteiger partial charge in [0.1, 0.15) is 10.7 Å². The molecule has 1 heterocycles. The van der Waals surface area contributed by atoms with Gasteiger partial charge in [0.25, 0.3) is 11.4 Å². The third-order valence-corrected chi connectivity index (χ3v) is 5.46. The van der Waals surface area contributed by atoms with Crippen LogP contribution in [0.25, 0.3) is 11.0 Å². The maximum atomic E-state index is 11.5. The Morgan fingerprint density at radius 2 is 1.62 bits per heavy atom. The number of non-ortho nitro benzene ring substituents is 1. The van der Waals surface area contributed by atoms with Crippen molar-refractivity contribution in [2.45, 2.75) is 11.3 Å².